The molecule has 39 heavy (non-hydrogen) atoms. The molecule has 0 fully saturated rings. The van der Waals surface area contributed by atoms with Crippen LogP contribution >= 0.6 is 7.26 Å². The molecule has 7 aromatic carbocycles. The predicted molar refractivity (Wildman–Crippen MR) is 174 cm³/mol. The Balaban J connectivity index is 1.43. The van der Waals surface area contributed by atoms with Crippen molar-refractivity contribution in [2.45, 2.75) is 12.6 Å². The topological polar surface area (TPSA) is 0 Å². The van der Waals surface area contributed by atoms with E-state index in [1.807, 2.05) is 0 Å². The summed E-state index contributed by atoms with van der Waals surface area (Å²) in [4.78, 5) is 0. The summed E-state index contributed by atoms with van der Waals surface area (Å²) in [5.74, 6) is 0. The van der Waals surface area contributed by atoms with Crippen LogP contribution < -0.4 is 15.9 Å². The van der Waals surface area contributed by atoms with Gasteiger partial charge in [-0.1, -0.05) is 115 Å². The van der Waals surface area contributed by atoms with Crippen molar-refractivity contribution in [2.75, 3.05) is 0 Å². The Morgan fingerprint density at radius 1 is 0.462 bits per heavy atom. The highest BCUT2D eigenvalue weighted by atomic mass is 31.2. The molecule has 0 spiro atoms. The molecule has 7 aromatic rings. The first-order chi connectivity index (χ1) is 19.3. The van der Waals surface area contributed by atoms with Gasteiger partial charge in [-0.05, 0) is 87.3 Å². The Morgan fingerprint density at radius 2 is 0.923 bits per heavy atom. The Kier molecular flexibility index (Phi) is 5.99. The van der Waals surface area contributed by atoms with Crippen molar-refractivity contribution in [1.29, 1.82) is 0 Å². The van der Waals surface area contributed by atoms with Crippen molar-refractivity contribution in [3.63, 3.8) is 0 Å². The van der Waals surface area contributed by atoms with E-state index < -0.39 is 7.26 Å². The first-order valence-corrected chi connectivity index (χ1v) is 15.5. The summed E-state index contributed by atoms with van der Waals surface area (Å²) in [6.45, 7) is 2.41. The highest BCUT2D eigenvalue weighted by Crippen LogP contribution is 2.60. The van der Waals surface area contributed by atoms with Gasteiger partial charge in [0.2, 0.25) is 0 Å². The summed E-state index contributed by atoms with van der Waals surface area (Å²) in [6.07, 6.45) is 4.84. The Bertz CT molecular complexity index is 1790. The van der Waals surface area contributed by atoms with Gasteiger partial charge in [-0.3, -0.25) is 0 Å². The van der Waals surface area contributed by atoms with Crippen molar-refractivity contribution in [2.24, 2.45) is 0 Å². The van der Waals surface area contributed by atoms with Gasteiger partial charge in [-0.15, -0.1) is 0 Å². The third kappa shape index (κ3) is 3.87. The molecule has 7 rings (SSSR count). The van der Waals surface area contributed by atoms with Crippen molar-refractivity contribution >= 4 is 61.6 Å². The summed E-state index contributed by atoms with van der Waals surface area (Å²) in [5, 5.41) is 12.2. The van der Waals surface area contributed by atoms with Crippen LogP contribution in [0.3, 0.4) is 0 Å². The largest absolute Gasteiger partial charge is 0.118 e. The van der Waals surface area contributed by atoms with E-state index in [4.69, 9.17) is 0 Å². The highest BCUT2D eigenvalue weighted by molar-refractivity contribution is 7.96. The van der Waals surface area contributed by atoms with E-state index in [0.29, 0.717) is 5.66 Å². The second-order valence-electron chi connectivity index (χ2n) is 10.3. The van der Waals surface area contributed by atoms with Crippen LogP contribution in [0.4, 0.5) is 0 Å². The number of rotatable bonds is 6. The second kappa shape index (κ2) is 9.81. The first-order valence-electron chi connectivity index (χ1n) is 13.7. The average molecular weight is 518 g/mol. The minimum Gasteiger partial charge on any atom is -0.0620 e. The van der Waals surface area contributed by atoms with Gasteiger partial charge in [-0.2, -0.15) is 0 Å². The van der Waals surface area contributed by atoms with Gasteiger partial charge in [0.25, 0.3) is 0 Å². The molecule has 0 amide bonds. The number of hydrogen-bond donors (Lipinski definition) is 0. The van der Waals surface area contributed by atoms with Crippen molar-refractivity contribution in [3.05, 3.63) is 157 Å². The normalized spacial score (nSPS) is 13.1. The van der Waals surface area contributed by atoms with Gasteiger partial charge >= 0.3 is 0 Å². The molecule has 0 aliphatic carbocycles. The van der Waals surface area contributed by atoms with Gasteiger partial charge in [0.1, 0.15) is 23.2 Å². The molecule has 0 nitrogen and oxygen atoms in total. The Hall–Kier alpha value is -4.25. The number of benzene rings is 7. The van der Waals surface area contributed by atoms with Crippen LogP contribution in [0.1, 0.15) is 12.5 Å². The molecule has 0 aliphatic rings. The SMILES string of the molecule is CC(/C=C/c1ccc2ccc3cccc4ccc1c2c34)[P+](c1ccccc1)(c1ccccc1)c1ccccc1. The fourth-order valence-corrected chi connectivity index (χ4v) is 11.0. The molecule has 1 heteroatoms. The molecule has 0 bridgehead atoms. The van der Waals surface area contributed by atoms with Crippen molar-refractivity contribution < 1.29 is 0 Å². The number of hydrogen-bond acceptors (Lipinski definition) is 0. The minimum absolute atomic E-state index is 0.295. The Labute approximate surface area is 230 Å². The van der Waals surface area contributed by atoms with E-state index in [0.717, 1.165) is 0 Å². The van der Waals surface area contributed by atoms with E-state index in [9.17, 15) is 0 Å². The van der Waals surface area contributed by atoms with Crippen LogP contribution in [0.15, 0.2) is 152 Å². The molecular weight excluding hydrogens is 487 g/mol. The lowest BCUT2D eigenvalue weighted by molar-refractivity contribution is 1.23. The van der Waals surface area contributed by atoms with Gasteiger partial charge in [0.05, 0.1) is 5.66 Å². The fraction of sp³-hybridized carbons (Fsp3) is 0.0526. The molecular formula is C38H30P+. The maximum atomic E-state index is 2.47. The predicted octanol–water partition coefficient (Wildman–Crippen LogP) is 8.98. The minimum atomic E-state index is -1.99. The summed E-state index contributed by atoms with van der Waals surface area (Å²) in [7, 11) is -1.99. The third-order valence-corrected chi connectivity index (χ3v) is 12.9. The Morgan fingerprint density at radius 3 is 1.46 bits per heavy atom. The molecule has 0 aromatic heterocycles. The molecule has 0 N–H and O–H groups in total. The van der Waals surface area contributed by atoms with Crippen LogP contribution in [0.2, 0.25) is 0 Å². The van der Waals surface area contributed by atoms with Gasteiger partial charge in [0, 0.05) is 0 Å². The van der Waals surface area contributed by atoms with Crippen molar-refractivity contribution in [3.8, 4) is 0 Å². The summed E-state index contributed by atoms with van der Waals surface area (Å²) in [5.41, 5.74) is 1.57. The van der Waals surface area contributed by atoms with Crippen LogP contribution in [-0.4, -0.2) is 5.66 Å². The zero-order valence-corrected chi connectivity index (χ0v) is 22.9. The molecule has 1 unspecified atom stereocenters. The quantitative estimate of drug-likeness (QED) is 0.153. The van der Waals surface area contributed by atoms with Crippen molar-refractivity contribution in [1.82, 2.24) is 0 Å². The summed E-state index contributed by atoms with van der Waals surface area (Å²) < 4.78 is 0. The van der Waals surface area contributed by atoms with Crippen LogP contribution in [0, 0.1) is 0 Å². The van der Waals surface area contributed by atoms with E-state index in [-0.39, 0.29) is 0 Å². The lowest BCUT2D eigenvalue weighted by Crippen LogP contribution is -2.36. The second-order valence-corrected chi connectivity index (χ2v) is 14.1. The lowest BCUT2D eigenvalue weighted by Gasteiger charge is -2.31. The lowest BCUT2D eigenvalue weighted by atomic mass is 9.92. The van der Waals surface area contributed by atoms with E-state index in [1.54, 1.807) is 0 Å². The fourth-order valence-electron chi connectivity index (χ4n) is 6.42. The molecule has 0 saturated carbocycles. The average Bonchev–Trinajstić information content (AvgIpc) is 3.01. The van der Waals surface area contributed by atoms with Crippen LogP contribution in [-0.2, 0) is 0 Å². The van der Waals surface area contributed by atoms with E-state index in [2.05, 4.69) is 165 Å². The highest BCUT2D eigenvalue weighted by Gasteiger charge is 2.49. The van der Waals surface area contributed by atoms with Gasteiger partial charge < -0.3 is 0 Å². The molecule has 0 saturated heterocycles. The third-order valence-electron chi connectivity index (χ3n) is 8.22. The van der Waals surface area contributed by atoms with E-state index >= 15 is 0 Å². The first kappa shape index (κ1) is 23.8. The monoisotopic (exact) mass is 517 g/mol. The molecule has 1 atom stereocenters. The molecule has 0 heterocycles. The van der Waals surface area contributed by atoms with Crippen LogP contribution in [0.25, 0.3) is 38.4 Å². The van der Waals surface area contributed by atoms with Gasteiger partial charge in [0.15, 0.2) is 0 Å². The number of allylic oxidation sites excluding steroid dienone is 1. The standard InChI is InChI=1S/C38H30P/c1-28(20-21-29-22-23-32-25-24-30-12-11-13-31-26-27-36(29)38(32)37(30)31)39(33-14-5-2-6-15-33,34-16-7-3-8-17-34)35-18-9-4-10-19-35/h2-28H,1H3/q+1/b21-20+. The maximum absolute atomic E-state index is 2.47. The van der Waals surface area contributed by atoms with Crippen LogP contribution in [0.5, 0.6) is 0 Å². The summed E-state index contributed by atoms with van der Waals surface area (Å²) >= 11 is 0. The van der Waals surface area contributed by atoms with E-state index in [1.165, 1.54) is 53.8 Å². The molecule has 0 radical (unpaired) electrons. The molecule has 0 aliphatic heterocycles. The zero-order valence-electron chi connectivity index (χ0n) is 22.0. The zero-order chi connectivity index (χ0) is 26.2. The smallest absolute Gasteiger partial charge is 0.0620 e. The molecule has 186 valence electrons. The summed E-state index contributed by atoms with van der Waals surface area (Å²) in [6, 6.07) is 53.7. The maximum Gasteiger partial charge on any atom is 0.118 e. The van der Waals surface area contributed by atoms with Gasteiger partial charge in [-0.25, -0.2) is 0 Å².